The van der Waals surface area contributed by atoms with Crippen molar-refractivity contribution in [1.29, 1.82) is 0 Å². The number of carbonyl (C=O) groups is 1. The lowest BCUT2D eigenvalue weighted by molar-refractivity contribution is -0.122. The summed E-state index contributed by atoms with van der Waals surface area (Å²) in [5.41, 5.74) is 0. The van der Waals surface area contributed by atoms with E-state index >= 15 is 0 Å². The van der Waals surface area contributed by atoms with Gasteiger partial charge in [0.15, 0.2) is 5.78 Å². The molecule has 0 fully saturated rings. The second-order valence-electron chi connectivity index (χ2n) is 3.64. The average molecular weight is 242 g/mol. The van der Waals surface area contributed by atoms with Crippen LogP contribution in [0.1, 0.15) is 13.8 Å². The Morgan fingerprint density at radius 1 is 1.50 bits per heavy atom. The number of hydrogen-bond acceptors (Lipinski definition) is 3. The first kappa shape index (κ1) is 13.2. The Morgan fingerprint density at radius 2 is 2.25 bits per heavy atom. The molecule has 0 heterocycles. The van der Waals surface area contributed by atoms with E-state index in [0.717, 1.165) is 4.90 Å². The molecule has 1 aromatic rings. The van der Waals surface area contributed by atoms with Crippen molar-refractivity contribution < 1.29 is 13.9 Å². The van der Waals surface area contributed by atoms with E-state index in [9.17, 15) is 9.18 Å². The summed E-state index contributed by atoms with van der Waals surface area (Å²) in [6, 6.07) is 6.21. The van der Waals surface area contributed by atoms with Crippen LogP contribution in [0.25, 0.3) is 0 Å². The van der Waals surface area contributed by atoms with Gasteiger partial charge in [0, 0.05) is 4.90 Å². The third-order valence-electron chi connectivity index (χ3n) is 1.77. The van der Waals surface area contributed by atoms with E-state index in [1.165, 1.54) is 23.9 Å². The molecular formula is C12H15FO2S. The van der Waals surface area contributed by atoms with Crippen LogP contribution in [0.4, 0.5) is 4.39 Å². The molecule has 0 aliphatic heterocycles. The molecule has 4 heteroatoms. The number of hydrogen-bond donors (Lipinski definition) is 0. The highest BCUT2D eigenvalue weighted by Gasteiger charge is 2.05. The molecule has 16 heavy (non-hydrogen) atoms. The van der Waals surface area contributed by atoms with Crippen molar-refractivity contribution in [3.05, 3.63) is 30.1 Å². The predicted molar refractivity (Wildman–Crippen MR) is 63.2 cm³/mol. The lowest BCUT2D eigenvalue weighted by Crippen LogP contribution is -2.14. The molecule has 0 N–H and O–H groups in total. The molecule has 0 aliphatic carbocycles. The van der Waals surface area contributed by atoms with Crippen molar-refractivity contribution in [1.82, 2.24) is 0 Å². The maximum Gasteiger partial charge on any atom is 0.168 e. The van der Waals surface area contributed by atoms with Crippen LogP contribution in [-0.4, -0.2) is 24.2 Å². The lowest BCUT2D eigenvalue weighted by Gasteiger charge is -2.06. The van der Waals surface area contributed by atoms with Crippen LogP contribution in [0.5, 0.6) is 0 Å². The van der Waals surface area contributed by atoms with Crippen molar-refractivity contribution in [2.24, 2.45) is 0 Å². The Labute approximate surface area is 99.2 Å². The Kier molecular flexibility index (Phi) is 5.49. The molecular weight excluding hydrogens is 227 g/mol. The summed E-state index contributed by atoms with van der Waals surface area (Å²) in [6.07, 6.45) is 0.0584. The van der Waals surface area contributed by atoms with Crippen molar-refractivity contribution in [2.45, 2.75) is 24.8 Å². The minimum atomic E-state index is -0.282. The van der Waals surface area contributed by atoms with E-state index in [-0.39, 0.29) is 24.3 Å². The molecule has 88 valence electrons. The molecule has 0 aromatic heterocycles. The quantitative estimate of drug-likeness (QED) is 0.717. The van der Waals surface area contributed by atoms with E-state index < -0.39 is 0 Å². The predicted octanol–water partition coefficient (Wildman–Crippen LogP) is 2.91. The molecule has 2 nitrogen and oxygen atoms in total. The zero-order valence-corrected chi connectivity index (χ0v) is 10.2. The van der Waals surface area contributed by atoms with Gasteiger partial charge in [0.05, 0.1) is 11.9 Å². The van der Waals surface area contributed by atoms with Crippen molar-refractivity contribution in [3.63, 3.8) is 0 Å². The van der Waals surface area contributed by atoms with Gasteiger partial charge in [-0.25, -0.2) is 4.39 Å². The van der Waals surface area contributed by atoms with Crippen LogP contribution >= 0.6 is 11.8 Å². The fourth-order valence-electron chi connectivity index (χ4n) is 1.02. The highest BCUT2D eigenvalue weighted by atomic mass is 32.2. The SMILES string of the molecule is CC(C)OCC(=O)CSc1cccc(F)c1. The van der Waals surface area contributed by atoms with Crippen LogP contribution < -0.4 is 0 Å². The second kappa shape index (κ2) is 6.66. The molecule has 0 aliphatic rings. The first-order valence-electron chi connectivity index (χ1n) is 5.09. The van der Waals surface area contributed by atoms with Crippen LogP contribution in [0.15, 0.2) is 29.2 Å². The van der Waals surface area contributed by atoms with Gasteiger partial charge < -0.3 is 4.74 Å². The summed E-state index contributed by atoms with van der Waals surface area (Å²) >= 11 is 1.32. The Bertz CT molecular complexity index is 353. The summed E-state index contributed by atoms with van der Waals surface area (Å²) in [5.74, 6) is 0.0507. The van der Waals surface area contributed by atoms with E-state index in [4.69, 9.17) is 4.74 Å². The standard InChI is InChI=1S/C12H15FO2S/c1-9(2)15-7-11(14)8-16-12-5-3-4-10(13)6-12/h3-6,9H,7-8H2,1-2H3. The minimum absolute atomic E-state index is 0.0166. The number of Topliss-reactive ketones (excluding diaryl/α,β-unsaturated/α-hetero) is 1. The van der Waals surface area contributed by atoms with Gasteiger partial charge in [0.25, 0.3) is 0 Å². The lowest BCUT2D eigenvalue weighted by atomic mass is 10.4. The number of rotatable bonds is 6. The summed E-state index contributed by atoms with van der Waals surface area (Å²) in [5, 5.41) is 0. The highest BCUT2D eigenvalue weighted by Crippen LogP contribution is 2.18. The number of benzene rings is 1. The van der Waals surface area contributed by atoms with E-state index in [1.807, 2.05) is 13.8 Å². The van der Waals surface area contributed by atoms with Gasteiger partial charge in [-0.1, -0.05) is 6.07 Å². The molecule has 0 radical (unpaired) electrons. The molecule has 0 bridgehead atoms. The molecule has 0 amide bonds. The van der Waals surface area contributed by atoms with Gasteiger partial charge in [-0.15, -0.1) is 11.8 Å². The summed E-state index contributed by atoms with van der Waals surface area (Å²) < 4.78 is 18.0. The Balaban J connectivity index is 2.31. The molecule has 0 spiro atoms. The van der Waals surface area contributed by atoms with Crippen molar-refractivity contribution >= 4 is 17.5 Å². The van der Waals surface area contributed by atoms with Gasteiger partial charge in [0.1, 0.15) is 12.4 Å². The Morgan fingerprint density at radius 3 is 2.88 bits per heavy atom. The van der Waals surface area contributed by atoms with Gasteiger partial charge in [-0.2, -0.15) is 0 Å². The molecule has 1 aromatic carbocycles. The molecule has 1 rings (SSSR count). The van der Waals surface area contributed by atoms with Gasteiger partial charge in [0.2, 0.25) is 0 Å². The van der Waals surface area contributed by atoms with Crippen LogP contribution in [0.3, 0.4) is 0 Å². The minimum Gasteiger partial charge on any atom is -0.371 e. The van der Waals surface area contributed by atoms with E-state index in [2.05, 4.69) is 0 Å². The second-order valence-corrected chi connectivity index (χ2v) is 4.69. The smallest absolute Gasteiger partial charge is 0.168 e. The topological polar surface area (TPSA) is 26.3 Å². The number of carbonyl (C=O) groups excluding carboxylic acids is 1. The number of ether oxygens (including phenoxy) is 1. The average Bonchev–Trinajstić information content (AvgIpc) is 2.23. The summed E-state index contributed by atoms with van der Waals surface area (Å²) in [7, 11) is 0. The first-order valence-corrected chi connectivity index (χ1v) is 6.08. The third-order valence-corrected chi connectivity index (χ3v) is 2.83. The zero-order valence-electron chi connectivity index (χ0n) is 9.40. The van der Waals surface area contributed by atoms with Gasteiger partial charge >= 0.3 is 0 Å². The monoisotopic (exact) mass is 242 g/mol. The highest BCUT2D eigenvalue weighted by molar-refractivity contribution is 8.00. The van der Waals surface area contributed by atoms with Crippen LogP contribution in [-0.2, 0) is 9.53 Å². The van der Waals surface area contributed by atoms with Crippen molar-refractivity contribution in [3.8, 4) is 0 Å². The number of thioether (sulfide) groups is 1. The van der Waals surface area contributed by atoms with E-state index in [0.29, 0.717) is 5.75 Å². The van der Waals surface area contributed by atoms with Gasteiger partial charge in [-0.3, -0.25) is 4.79 Å². The molecule has 0 unspecified atom stereocenters. The van der Waals surface area contributed by atoms with Crippen molar-refractivity contribution in [2.75, 3.05) is 12.4 Å². The van der Waals surface area contributed by atoms with E-state index in [1.54, 1.807) is 12.1 Å². The third kappa shape index (κ3) is 5.28. The molecule has 0 saturated carbocycles. The molecule has 0 saturated heterocycles. The largest absolute Gasteiger partial charge is 0.371 e. The fraction of sp³-hybridized carbons (Fsp3) is 0.417. The summed E-state index contributed by atoms with van der Waals surface area (Å²) in [6.45, 7) is 3.89. The molecule has 0 atom stereocenters. The number of halogens is 1. The summed E-state index contributed by atoms with van der Waals surface area (Å²) in [4.78, 5) is 12.1. The first-order chi connectivity index (χ1) is 7.58. The van der Waals surface area contributed by atoms with Crippen LogP contribution in [0, 0.1) is 5.82 Å². The van der Waals surface area contributed by atoms with Crippen LogP contribution in [0.2, 0.25) is 0 Å². The maximum atomic E-state index is 12.8. The Hall–Kier alpha value is -0.870. The zero-order chi connectivity index (χ0) is 12.0. The number of ketones is 1. The normalized spacial score (nSPS) is 10.8. The van der Waals surface area contributed by atoms with Gasteiger partial charge in [-0.05, 0) is 32.0 Å². The maximum absolute atomic E-state index is 12.8. The fourth-order valence-corrected chi connectivity index (χ4v) is 1.80.